The van der Waals surface area contributed by atoms with Gasteiger partial charge in [0.1, 0.15) is 0 Å². The van der Waals surface area contributed by atoms with Gasteiger partial charge in [0.15, 0.2) is 0 Å². The summed E-state index contributed by atoms with van der Waals surface area (Å²) in [5.74, 6) is 1.09. The molecule has 13 heavy (non-hydrogen) atoms. The van der Waals surface area contributed by atoms with E-state index in [0.29, 0.717) is 5.54 Å². The molecule has 1 N–H and O–H groups in total. The maximum absolute atomic E-state index is 3.48. The first-order chi connectivity index (χ1) is 6.35. The molecular weight excluding hydrogens is 158 g/mol. The van der Waals surface area contributed by atoms with Gasteiger partial charge in [0, 0.05) is 5.54 Å². The molecule has 2 aliphatic carbocycles. The van der Waals surface area contributed by atoms with Crippen molar-refractivity contribution in [3.8, 4) is 0 Å². The van der Waals surface area contributed by atoms with Gasteiger partial charge in [0.2, 0.25) is 0 Å². The van der Waals surface area contributed by atoms with Crippen molar-refractivity contribution < 1.29 is 0 Å². The van der Waals surface area contributed by atoms with Gasteiger partial charge in [0.05, 0.1) is 0 Å². The molecular formula is C12H23N. The Hall–Kier alpha value is -0.0400. The van der Waals surface area contributed by atoms with Crippen LogP contribution in [0.2, 0.25) is 0 Å². The second-order valence-corrected chi connectivity index (χ2v) is 5.07. The summed E-state index contributed by atoms with van der Waals surface area (Å²) < 4.78 is 0. The molecule has 2 fully saturated rings. The highest BCUT2D eigenvalue weighted by Gasteiger charge is 2.39. The summed E-state index contributed by atoms with van der Waals surface area (Å²) in [6.07, 6.45) is 13.3. The first-order valence-electron chi connectivity index (χ1n) is 6.04. The fourth-order valence-corrected chi connectivity index (χ4v) is 2.80. The predicted octanol–water partition coefficient (Wildman–Crippen LogP) is 3.10. The number of nitrogens with one attached hydrogen (secondary N) is 1. The van der Waals surface area contributed by atoms with Crippen LogP contribution in [-0.4, -0.2) is 12.6 Å². The van der Waals surface area contributed by atoms with E-state index >= 15 is 0 Å². The molecule has 1 heteroatoms. The SMILES string of the molecule is CNC1(CCCC2CCCC2)CC1. The second kappa shape index (κ2) is 4.00. The average molecular weight is 181 g/mol. The molecule has 0 unspecified atom stereocenters. The number of hydrogen-bond donors (Lipinski definition) is 1. The summed E-state index contributed by atoms with van der Waals surface area (Å²) in [5.41, 5.74) is 0.596. The normalized spacial score (nSPS) is 26.5. The van der Waals surface area contributed by atoms with Crippen molar-refractivity contribution in [2.45, 2.75) is 63.3 Å². The van der Waals surface area contributed by atoms with Gasteiger partial charge in [-0.3, -0.25) is 0 Å². The molecule has 0 aliphatic heterocycles. The minimum atomic E-state index is 0.596. The summed E-state index contributed by atoms with van der Waals surface area (Å²) in [6.45, 7) is 0. The highest BCUT2D eigenvalue weighted by atomic mass is 15.0. The van der Waals surface area contributed by atoms with E-state index in [1.165, 1.54) is 57.8 Å². The lowest BCUT2D eigenvalue weighted by Crippen LogP contribution is -2.26. The maximum atomic E-state index is 3.48. The Morgan fingerprint density at radius 2 is 1.92 bits per heavy atom. The van der Waals surface area contributed by atoms with Crippen molar-refractivity contribution in [2.24, 2.45) is 5.92 Å². The van der Waals surface area contributed by atoms with Gasteiger partial charge >= 0.3 is 0 Å². The lowest BCUT2D eigenvalue weighted by Gasteiger charge is -2.15. The van der Waals surface area contributed by atoms with Gasteiger partial charge in [0.25, 0.3) is 0 Å². The summed E-state index contributed by atoms with van der Waals surface area (Å²) in [7, 11) is 2.13. The topological polar surface area (TPSA) is 12.0 Å². The van der Waals surface area contributed by atoms with E-state index in [9.17, 15) is 0 Å². The fourth-order valence-electron chi connectivity index (χ4n) is 2.80. The van der Waals surface area contributed by atoms with Gasteiger partial charge in [-0.15, -0.1) is 0 Å². The van der Waals surface area contributed by atoms with Gasteiger partial charge < -0.3 is 5.32 Å². The van der Waals surface area contributed by atoms with Gasteiger partial charge in [-0.25, -0.2) is 0 Å². The Morgan fingerprint density at radius 1 is 1.23 bits per heavy atom. The molecule has 0 heterocycles. The van der Waals surface area contributed by atoms with Crippen LogP contribution < -0.4 is 5.32 Å². The van der Waals surface area contributed by atoms with Crippen LogP contribution >= 0.6 is 0 Å². The van der Waals surface area contributed by atoms with E-state index in [1.807, 2.05) is 0 Å². The lowest BCUT2D eigenvalue weighted by molar-refractivity contribution is 0.421. The van der Waals surface area contributed by atoms with Crippen LogP contribution in [0.4, 0.5) is 0 Å². The molecule has 0 spiro atoms. The van der Waals surface area contributed by atoms with Gasteiger partial charge in [-0.05, 0) is 32.2 Å². The molecule has 0 bridgehead atoms. The van der Waals surface area contributed by atoms with Crippen LogP contribution in [-0.2, 0) is 0 Å². The van der Waals surface area contributed by atoms with Crippen molar-refractivity contribution in [1.29, 1.82) is 0 Å². The van der Waals surface area contributed by atoms with Crippen molar-refractivity contribution in [3.63, 3.8) is 0 Å². The summed E-state index contributed by atoms with van der Waals surface area (Å²) >= 11 is 0. The van der Waals surface area contributed by atoms with Crippen molar-refractivity contribution in [2.75, 3.05) is 7.05 Å². The van der Waals surface area contributed by atoms with Crippen molar-refractivity contribution in [1.82, 2.24) is 5.32 Å². The maximum Gasteiger partial charge on any atom is 0.0179 e. The van der Waals surface area contributed by atoms with Crippen LogP contribution in [0.3, 0.4) is 0 Å². The summed E-state index contributed by atoms with van der Waals surface area (Å²) in [5, 5.41) is 3.48. The van der Waals surface area contributed by atoms with Gasteiger partial charge in [-0.2, -0.15) is 0 Å². The Labute approximate surface area is 82.3 Å². The summed E-state index contributed by atoms with van der Waals surface area (Å²) in [6, 6.07) is 0. The molecule has 0 aromatic carbocycles. The van der Waals surface area contributed by atoms with E-state index in [0.717, 1.165) is 5.92 Å². The van der Waals surface area contributed by atoms with E-state index in [2.05, 4.69) is 12.4 Å². The van der Waals surface area contributed by atoms with E-state index < -0.39 is 0 Å². The standard InChI is InChI=1S/C12H23N/c1-13-12(9-10-12)8-4-7-11-5-2-3-6-11/h11,13H,2-10H2,1H3. The Kier molecular flexibility index (Phi) is 2.92. The van der Waals surface area contributed by atoms with Crippen LogP contribution in [0.25, 0.3) is 0 Å². The highest BCUT2D eigenvalue weighted by molar-refractivity contribution is 5.00. The van der Waals surface area contributed by atoms with Crippen molar-refractivity contribution in [3.05, 3.63) is 0 Å². The Balaban J connectivity index is 1.58. The minimum absolute atomic E-state index is 0.596. The minimum Gasteiger partial charge on any atom is -0.314 e. The molecule has 0 amide bonds. The van der Waals surface area contributed by atoms with Crippen LogP contribution in [0.15, 0.2) is 0 Å². The van der Waals surface area contributed by atoms with Crippen LogP contribution in [0.5, 0.6) is 0 Å². The summed E-state index contributed by atoms with van der Waals surface area (Å²) in [4.78, 5) is 0. The number of rotatable bonds is 5. The Morgan fingerprint density at radius 3 is 2.46 bits per heavy atom. The largest absolute Gasteiger partial charge is 0.314 e. The molecule has 0 radical (unpaired) electrons. The zero-order valence-electron chi connectivity index (χ0n) is 8.94. The zero-order valence-corrected chi connectivity index (χ0v) is 8.94. The van der Waals surface area contributed by atoms with Crippen LogP contribution in [0, 0.1) is 5.92 Å². The average Bonchev–Trinajstić information content (AvgIpc) is 2.74. The fraction of sp³-hybridized carbons (Fsp3) is 1.00. The molecule has 0 aromatic heterocycles. The van der Waals surface area contributed by atoms with Gasteiger partial charge in [-0.1, -0.05) is 38.5 Å². The highest BCUT2D eigenvalue weighted by Crippen LogP contribution is 2.40. The third kappa shape index (κ3) is 2.46. The molecule has 76 valence electrons. The molecule has 2 aliphatic rings. The third-order valence-electron chi connectivity index (χ3n) is 4.13. The number of hydrogen-bond acceptors (Lipinski definition) is 1. The quantitative estimate of drug-likeness (QED) is 0.687. The van der Waals surface area contributed by atoms with E-state index in [4.69, 9.17) is 0 Å². The predicted molar refractivity (Wildman–Crippen MR) is 56.8 cm³/mol. The molecule has 0 saturated heterocycles. The molecule has 1 nitrogen and oxygen atoms in total. The molecule has 0 aromatic rings. The molecule has 2 saturated carbocycles. The van der Waals surface area contributed by atoms with E-state index in [1.54, 1.807) is 0 Å². The second-order valence-electron chi connectivity index (χ2n) is 5.07. The zero-order chi connectivity index (χ0) is 9.15. The molecule has 0 atom stereocenters. The van der Waals surface area contributed by atoms with E-state index in [-0.39, 0.29) is 0 Å². The first kappa shape index (κ1) is 9.51. The smallest absolute Gasteiger partial charge is 0.0179 e. The third-order valence-corrected chi connectivity index (χ3v) is 4.13. The van der Waals surface area contributed by atoms with Crippen molar-refractivity contribution >= 4 is 0 Å². The monoisotopic (exact) mass is 181 g/mol. The van der Waals surface area contributed by atoms with Crippen LogP contribution in [0.1, 0.15) is 57.8 Å². The Bertz CT molecular complexity index is 155. The lowest BCUT2D eigenvalue weighted by atomic mass is 9.98. The molecule has 2 rings (SSSR count). The first-order valence-corrected chi connectivity index (χ1v) is 6.04.